The summed E-state index contributed by atoms with van der Waals surface area (Å²) in [5.74, 6) is 0.121. The van der Waals surface area contributed by atoms with Crippen molar-refractivity contribution >= 4 is 39.9 Å². The standard InChI is InChI=1S/C15H19N3OS.ClH/c1-10(17-15(19)12-6-4-8-16-12)9-14-18-11-5-2-3-7-13(11)20-14;/h2-3,5,7,10,12,16H,4,6,8-9H2,1H3,(H,17,19);1H. The second kappa shape index (κ2) is 7.20. The molecular formula is C15H20ClN3OS. The summed E-state index contributed by atoms with van der Waals surface area (Å²) in [6.07, 6.45) is 2.82. The highest BCUT2D eigenvalue weighted by Crippen LogP contribution is 2.22. The predicted octanol–water partition coefficient (Wildman–Crippen LogP) is 2.52. The average Bonchev–Trinajstić information content (AvgIpc) is 3.07. The molecule has 4 nitrogen and oxygen atoms in total. The van der Waals surface area contributed by atoms with Crippen molar-refractivity contribution in [2.24, 2.45) is 0 Å². The van der Waals surface area contributed by atoms with E-state index >= 15 is 0 Å². The molecule has 2 N–H and O–H groups in total. The number of rotatable bonds is 4. The molecule has 0 spiro atoms. The summed E-state index contributed by atoms with van der Waals surface area (Å²) in [5.41, 5.74) is 1.04. The molecule has 6 heteroatoms. The van der Waals surface area contributed by atoms with E-state index in [2.05, 4.69) is 21.7 Å². The van der Waals surface area contributed by atoms with Crippen molar-refractivity contribution in [2.75, 3.05) is 6.54 Å². The highest BCUT2D eigenvalue weighted by atomic mass is 35.5. The molecule has 21 heavy (non-hydrogen) atoms. The zero-order chi connectivity index (χ0) is 13.9. The number of carbonyl (C=O) groups is 1. The maximum absolute atomic E-state index is 12.0. The molecule has 1 amide bonds. The lowest BCUT2D eigenvalue weighted by Crippen LogP contribution is -2.44. The third kappa shape index (κ3) is 3.93. The predicted molar refractivity (Wildman–Crippen MR) is 89.2 cm³/mol. The van der Waals surface area contributed by atoms with Crippen LogP contribution in [0.1, 0.15) is 24.8 Å². The van der Waals surface area contributed by atoms with Gasteiger partial charge >= 0.3 is 0 Å². The summed E-state index contributed by atoms with van der Waals surface area (Å²) in [4.78, 5) is 16.6. The van der Waals surface area contributed by atoms with Crippen LogP contribution in [0.2, 0.25) is 0 Å². The first-order chi connectivity index (χ1) is 9.72. The SMILES string of the molecule is CC(Cc1nc2ccccc2s1)NC(=O)C1CCCN1.Cl. The zero-order valence-electron chi connectivity index (χ0n) is 12.0. The molecule has 114 valence electrons. The van der Waals surface area contributed by atoms with Crippen LogP contribution < -0.4 is 10.6 Å². The van der Waals surface area contributed by atoms with Crippen LogP contribution in [-0.4, -0.2) is 29.5 Å². The minimum absolute atomic E-state index is 0. The second-order valence-electron chi connectivity index (χ2n) is 5.34. The number of para-hydroxylation sites is 1. The number of amides is 1. The molecule has 1 aliphatic rings. The molecular weight excluding hydrogens is 306 g/mol. The van der Waals surface area contributed by atoms with E-state index in [9.17, 15) is 4.79 Å². The number of nitrogens with one attached hydrogen (secondary N) is 2. The van der Waals surface area contributed by atoms with Gasteiger partial charge in [0.1, 0.15) is 0 Å². The van der Waals surface area contributed by atoms with Crippen LogP contribution in [0.15, 0.2) is 24.3 Å². The summed E-state index contributed by atoms with van der Waals surface area (Å²) in [7, 11) is 0. The van der Waals surface area contributed by atoms with Crippen molar-refractivity contribution in [3.63, 3.8) is 0 Å². The lowest BCUT2D eigenvalue weighted by molar-refractivity contribution is -0.123. The van der Waals surface area contributed by atoms with Gasteiger partial charge in [-0.2, -0.15) is 0 Å². The van der Waals surface area contributed by atoms with E-state index in [1.807, 2.05) is 25.1 Å². The highest BCUT2D eigenvalue weighted by Gasteiger charge is 2.23. The summed E-state index contributed by atoms with van der Waals surface area (Å²) >= 11 is 1.71. The van der Waals surface area contributed by atoms with Crippen molar-refractivity contribution in [3.05, 3.63) is 29.3 Å². The Hall–Kier alpha value is -1.17. The first-order valence-electron chi connectivity index (χ1n) is 7.10. The minimum Gasteiger partial charge on any atom is -0.352 e. The molecule has 2 atom stereocenters. The number of thiazole rings is 1. The van der Waals surface area contributed by atoms with Crippen molar-refractivity contribution in [2.45, 2.75) is 38.3 Å². The van der Waals surface area contributed by atoms with Crippen LogP contribution in [0.3, 0.4) is 0 Å². The lowest BCUT2D eigenvalue weighted by atomic mass is 10.2. The Morgan fingerprint density at radius 1 is 1.52 bits per heavy atom. The molecule has 0 bridgehead atoms. The highest BCUT2D eigenvalue weighted by molar-refractivity contribution is 7.18. The molecule has 0 radical (unpaired) electrons. The first-order valence-corrected chi connectivity index (χ1v) is 7.92. The van der Waals surface area contributed by atoms with Gasteiger partial charge in [0, 0.05) is 12.5 Å². The number of fused-ring (bicyclic) bond motifs is 1. The zero-order valence-corrected chi connectivity index (χ0v) is 13.6. The number of nitrogens with zero attached hydrogens (tertiary/aromatic N) is 1. The topological polar surface area (TPSA) is 54.0 Å². The molecule has 1 aromatic heterocycles. The largest absolute Gasteiger partial charge is 0.352 e. The van der Waals surface area contributed by atoms with Gasteiger partial charge in [0.25, 0.3) is 0 Å². The summed E-state index contributed by atoms with van der Waals surface area (Å²) in [6, 6.07) is 8.26. The van der Waals surface area contributed by atoms with Crippen LogP contribution in [0.25, 0.3) is 10.2 Å². The fraction of sp³-hybridized carbons (Fsp3) is 0.467. The summed E-state index contributed by atoms with van der Waals surface area (Å²) in [5, 5.41) is 7.38. The van der Waals surface area contributed by atoms with Crippen molar-refractivity contribution < 1.29 is 4.79 Å². The molecule has 1 saturated heterocycles. The smallest absolute Gasteiger partial charge is 0.237 e. The molecule has 2 heterocycles. The quantitative estimate of drug-likeness (QED) is 0.908. The van der Waals surface area contributed by atoms with E-state index in [4.69, 9.17) is 0 Å². The van der Waals surface area contributed by atoms with E-state index in [-0.39, 0.29) is 30.4 Å². The van der Waals surface area contributed by atoms with Gasteiger partial charge in [0.05, 0.1) is 21.3 Å². The van der Waals surface area contributed by atoms with Gasteiger partial charge in [-0.05, 0) is 38.4 Å². The monoisotopic (exact) mass is 325 g/mol. The molecule has 3 rings (SSSR count). The third-order valence-corrected chi connectivity index (χ3v) is 4.64. The van der Waals surface area contributed by atoms with Crippen LogP contribution in [0.5, 0.6) is 0 Å². The van der Waals surface area contributed by atoms with E-state index in [0.29, 0.717) is 0 Å². The Morgan fingerprint density at radius 3 is 3.05 bits per heavy atom. The van der Waals surface area contributed by atoms with Crippen molar-refractivity contribution in [3.8, 4) is 0 Å². The summed E-state index contributed by atoms with van der Waals surface area (Å²) < 4.78 is 1.21. The Morgan fingerprint density at radius 2 is 2.33 bits per heavy atom. The normalized spacial score (nSPS) is 19.2. The number of hydrogen-bond acceptors (Lipinski definition) is 4. The Bertz CT molecular complexity index is 577. The maximum Gasteiger partial charge on any atom is 0.237 e. The van der Waals surface area contributed by atoms with Gasteiger partial charge in [-0.1, -0.05) is 12.1 Å². The molecule has 0 aliphatic carbocycles. The van der Waals surface area contributed by atoms with Crippen LogP contribution in [0.4, 0.5) is 0 Å². The molecule has 2 unspecified atom stereocenters. The minimum atomic E-state index is -0.00665. The van der Waals surface area contributed by atoms with E-state index in [1.165, 1.54) is 4.70 Å². The number of aromatic nitrogens is 1. The summed E-state index contributed by atoms with van der Waals surface area (Å²) in [6.45, 7) is 2.99. The van der Waals surface area contributed by atoms with Gasteiger partial charge in [0.2, 0.25) is 5.91 Å². The number of hydrogen-bond donors (Lipinski definition) is 2. The molecule has 0 saturated carbocycles. The van der Waals surface area contributed by atoms with Crippen molar-refractivity contribution in [1.29, 1.82) is 0 Å². The van der Waals surface area contributed by atoms with Gasteiger partial charge < -0.3 is 10.6 Å². The maximum atomic E-state index is 12.0. The molecule has 1 aliphatic heterocycles. The number of carbonyl (C=O) groups excluding carboxylic acids is 1. The van der Waals surface area contributed by atoms with Gasteiger partial charge in [-0.15, -0.1) is 23.7 Å². The Kier molecular flexibility index (Phi) is 5.56. The van der Waals surface area contributed by atoms with E-state index in [1.54, 1.807) is 11.3 Å². The molecule has 1 aromatic carbocycles. The fourth-order valence-electron chi connectivity index (χ4n) is 2.57. The van der Waals surface area contributed by atoms with Crippen LogP contribution in [0, 0.1) is 0 Å². The van der Waals surface area contributed by atoms with Gasteiger partial charge in [-0.3, -0.25) is 4.79 Å². The first kappa shape index (κ1) is 16.2. The van der Waals surface area contributed by atoms with Crippen LogP contribution >= 0.6 is 23.7 Å². The van der Waals surface area contributed by atoms with Crippen LogP contribution in [-0.2, 0) is 11.2 Å². The average molecular weight is 326 g/mol. The van der Waals surface area contributed by atoms with Gasteiger partial charge in [0.15, 0.2) is 0 Å². The third-order valence-electron chi connectivity index (χ3n) is 3.58. The number of benzene rings is 1. The van der Waals surface area contributed by atoms with E-state index in [0.717, 1.165) is 36.3 Å². The molecule has 1 fully saturated rings. The van der Waals surface area contributed by atoms with Crippen molar-refractivity contribution in [1.82, 2.24) is 15.6 Å². The fourth-order valence-corrected chi connectivity index (χ4v) is 3.67. The Labute approximate surface area is 134 Å². The number of halogens is 1. The Balaban J connectivity index is 0.00000161. The van der Waals surface area contributed by atoms with E-state index < -0.39 is 0 Å². The second-order valence-corrected chi connectivity index (χ2v) is 6.45. The lowest BCUT2D eigenvalue weighted by Gasteiger charge is -2.16. The molecule has 2 aromatic rings. The van der Waals surface area contributed by atoms with Gasteiger partial charge in [-0.25, -0.2) is 4.98 Å².